The van der Waals surface area contributed by atoms with Crippen molar-refractivity contribution >= 4 is 34.6 Å². The van der Waals surface area contributed by atoms with E-state index in [1.54, 1.807) is 24.3 Å². The van der Waals surface area contributed by atoms with E-state index in [-0.39, 0.29) is 6.61 Å². The lowest BCUT2D eigenvalue weighted by Crippen LogP contribution is -2.48. The lowest BCUT2D eigenvalue weighted by Gasteiger charge is -2.35. The molecule has 3 atom stereocenters. The van der Waals surface area contributed by atoms with Crippen molar-refractivity contribution < 1.29 is 28.7 Å². The van der Waals surface area contributed by atoms with Gasteiger partial charge in [-0.3, -0.25) is 14.5 Å². The van der Waals surface area contributed by atoms with Crippen LogP contribution in [0.5, 0.6) is 0 Å². The number of ether oxygens (including phenoxy) is 2. The monoisotopic (exact) mass is 534 g/mol. The third-order valence-electron chi connectivity index (χ3n) is 7.40. The summed E-state index contributed by atoms with van der Waals surface area (Å²) in [6.45, 7) is 1.55. The molecule has 6 rings (SSSR count). The van der Waals surface area contributed by atoms with Gasteiger partial charge in [0.05, 0.1) is 0 Å². The van der Waals surface area contributed by atoms with Gasteiger partial charge in [0.15, 0.2) is 0 Å². The molecule has 1 aliphatic carbocycles. The Morgan fingerprint density at radius 1 is 0.875 bits per heavy atom. The Morgan fingerprint density at radius 2 is 1.52 bits per heavy atom. The number of alkyl carbamates (subject to hydrolysis) is 1. The van der Waals surface area contributed by atoms with Gasteiger partial charge < -0.3 is 14.8 Å². The summed E-state index contributed by atoms with van der Waals surface area (Å²) in [4.78, 5) is 54.3. The Balaban J connectivity index is 1.23. The minimum Gasteiger partial charge on any atom is -0.458 e. The van der Waals surface area contributed by atoms with E-state index in [2.05, 4.69) is 5.32 Å². The number of nitrogens with one attached hydrogen (secondary N) is 1. The normalized spacial score (nSPS) is 18.3. The van der Waals surface area contributed by atoms with E-state index in [9.17, 15) is 19.2 Å². The van der Waals surface area contributed by atoms with E-state index in [1.165, 1.54) is 11.8 Å². The number of esters is 1. The van der Waals surface area contributed by atoms with Crippen LogP contribution in [0.4, 0.5) is 4.79 Å². The number of fused-ring (bicyclic) bond motifs is 1. The Morgan fingerprint density at radius 3 is 2.23 bits per heavy atom. The molecule has 1 N–H and O–H groups in total. The molecule has 200 valence electrons. The van der Waals surface area contributed by atoms with E-state index in [0.29, 0.717) is 22.9 Å². The van der Waals surface area contributed by atoms with E-state index in [0.717, 1.165) is 22.1 Å². The number of hydrogen-bond donors (Lipinski definition) is 1. The van der Waals surface area contributed by atoms with Crippen molar-refractivity contribution in [2.24, 2.45) is 0 Å². The number of amides is 3. The summed E-state index contributed by atoms with van der Waals surface area (Å²) in [5, 5.41) is 3.94. The first-order chi connectivity index (χ1) is 19.4. The molecule has 0 radical (unpaired) electrons. The topological polar surface area (TPSA) is 102 Å². The fraction of sp³-hybridized carbons (Fsp3) is 0.188. The van der Waals surface area contributed by atoms with Crippen molar-refractivity contribution in [3.8, 4) is 0 Å². The van der Waals surface area contributed by atoms with Crippen LogP contribution < -0.4 is 5.32 Å². The maximum atomic E-state index is 13.8. The molecule has 0 saturated carbocycles. The molecule has 0 spiro atoms. The molecule has 0 saturated heterocycles. The SMILES string of the molecule is C[C@H](NC(=O)OCc1ccccc1)C(=O)O[C@@H]1Cc2ccccc2[C@@H]1N1C(=O)c2cccc3cccc(c23)C1=O. The second-order valence-corrected chi connectivity index (χ2v) is 9.94. The molecule has 1 heterocycles. The summed E-state index contributed by atoms with van der Waals surface area (Å²) in [5.41, 5.74) is 3.30. The van der Waals surface area contributed by atoms with Crippen molar-refractivity contribution in [3.05, 3.63) is 119 Å². The van der Waals surface area contributed by atoms with E-state index < -0.39 is 42.1 Å². The van der Waals surface area contributed by atoms with E-state index in [1.807, 2.05) is 66.7 Å². The van der Waals surface area contributed by atoms with Crippen LogP contribution in [0, 0.1) is 0 Å². The highest BCUT2D eigenvalue weighted by Gasteiger charge is 2.46. The van der Waals surface area contributed by atoms with Crippen LogP contribution in [0.25, 0.3) is 10.8 Å². The van der Waals surface area contributed by atoms with Crippen LogP contribution in [-0.4, -0.2) is 40.9 Å². The Hall–Kier alpha value is -4.98. The van der Waals surface area contributed by atoms with Crippen molar-refractivity contribution in [1.29, 1.82) is 0 Å². The lowest BCUT2D eigenvalue weighted by molar-refractivity contribution is -0.153. The third-order valence-corrected chi connectivity index (χ3v) is 7.40. The second-order valence-electron chi connectivity index (χ2n) is 9.94. The summed E-state index contributed by atoms with van der Waals surface area (Å²) >= 11 is 0. The second kappa shape index (κ2) is 10.3. The largest absolute Gasteiger partial charge is 0.458 e. The minimum absolute atomic E-state index is 0.0574. The number of hydrogen-bond acceptors (Lipinski definition) is 6. The molecular formula is C32H26N2O6. The van der Waals surface area contributed by atoms with Crippen molar-refractivity contribution in [2.45, 2.75) is 38.1 Å². The first-order valence-corrected chi connectivity index (χ1v) is 13.1. The standard InChI is InChI=1S/C32H26N2O6/c1-19(33-32(38)39-18-20-9-3-2-4-10-20)31(37)40-26-17-22-11-5-6-14-23(22)28(26)34-29(35)24-15-7-12-21-13-8-16-25(27(21)24)30(34)36/h2-16,19,26,28H,17-18H2,1H3,(H,33,38)/t19-,26+,28-/m0/s1. The van der Waals surface area contributed by atoms with Gasteiger partial charge in [-0.2, -0.15) is 0 Å². The molecule has 0 fully saturated rings. The van der Waals surface area contributed by atoms with Gasteiger partial charge in [-0.25, -0.2) is 9.59 Å². The summed E-state index contributed by atoms with van der Waals surface area (Å²) < 4.78 is 11.1. The van der Waals surface area contributed by atoms with E-state index in [4.69, 9.17) is 9.47 Å². The third kappa shape index (κ3) is 4.47. The fourth-order valence-electron chi connectivity index (χ4n) is 5.50. The first kappa shape index (κ1) is 25.3. The van der Waals surface area contributed by atoms with Crippen molar-refractivity contribution in [1.82, 2.24) is 10.2 Å². The maximum absolute atomic E-state index is 13.8. The predicted octanol–water partition coefficient (Wildman–Crippen LogP) is 4.96. The first-order valence-electron chi connectivity index (χ1n) is 13.1. The Kier molecular flexibility index (Phi) is 6.51. The van der Waals surface area contributed by atoms with E-state index >= 15 is 0 Å². The Labute approximate surface area is 230 Å². The average Bonchev–Trinajstić information content (AvgIpc) is 3.32. The number of carbonyl (C=O) groups is 4. The summed E-state index contributed by atoms with van der Waals surface area (Å²) in [5.74, 6) is -1.57. The summed E-state index contributed by atoms with van der Waals surface area (Å²) in [7, 11) is 0. The number of nitrogens with zero attached hydrogens (tertiary/aromatic N) is 1. The lowest BCUT2D eigenvalue weighted by atomic mass is 9.92. The summed E-state index contributed by atoms with van der Waals surface area (Å²) in [6.07, 6.45) is -1.27. The van der Waals surface area contributed by atoms with Crippen LogP contribution in [0.1, 0.15) is 50.4 Å². The fourth-order valence-corrected chi connectivity index (χ4v) is 5.50. The summed E-state index contributed by atoms with van der Waals surface area (Å²) in [6, 6.07) is 25.5. The molecule has 4 aromatic carbocycles. The minimum atomic E-state index is -1.02. The van der Waals surface area contributed by atoms with Crippen LogP contribution >= 0.6 is 0 Å². The van der Waals surface area contributed by atoms with Gasteiger partial charge in [-0.15, -0.1) is 0 Å². The molecule has 40 heavy (non-hydrogen) atoms. The zero-order chi connectivity index (χ0) is 27.8. The number of rotatable bonds is 6. The van der Waals surface area contributed by atoms with Crippen molar-refractivity contribution in [3.63, 3.8) is 0 Å². The molecule has 1 aliphatic heterocycles. The van der Waals surface area contributed by atoms with Crippen LogP contribution in [0.15, 0.2) is 91.0 Å². The van der Waals surface area contributed by atoms with Gasteiger partial charge in [-0.05, 0) is 41.1 Å². The zero-order valence-corrected chi connectivity index (χ0v) is 21.7. The molecule has 0 unspecified atom stereocenters. The smallest absolute Gasteiger partial charge is 0.408 e. The Bertz CT molecular complexity index is 1600. The van der Waals surface area contributed by atoms with Gasteiger partial charge in [-0.1, -0.05) is 78.9 Å². The van der Waals surface area contributed by atoms with Crippen LogP contribution in [0.3, 0.4) is 0 Å². The maximum Gasteiger partial charge on any atom is 0.408 e. The van der Waals surface area contributed by atoms with Gasteiger partial charge >= 0.3 is 12.1 Å². The molecule has 2 aliphatic rings. The molecule has 0 bridgehead atoms. The van der Waals surface area contributed by atoms with Crippen LogP contribution in [-0.2, 0) is 27.3 Å². The zero-order valence-electron chi connectivity index (χ0n) is 21.7. The number of benzene rings is 4. The number of carbonyl (C=O) groups excluding carboxylic acids is 4. The van der Waals surface area contributed by atoms with Gasteiger partial charge in [0.1, 0.15) is 24.8 Å². The molecule has 0 aromatic heterocycles. The predicted molar refractivity (Wildman–Crippen MR) is 146 cm³/mol. The highest BCUT2D eigenvalue weighted by Crippen LogP contribution is 2.42. The molecule has 8 nitrogen and oxygen atoms in total. The van der Waals surface area contributed by atoms with Gasteiger partial charge in [0.25, 0.3) is 11.8 Å². The molecule has 8 heteroatoms. The van der Waals surface area contributed by atoms with Crippen molar-refractivity contribution in [2.75, 3.05) is 0 Å². The van der Waals surface area contributed by atoms with Gasteiger partial charge in [0, 0.05) is 22.9 Å². The highest BCUT2D eigenvalue weighted by atomic mass is 16.6. The molecule has 3 amide bonds. The van der Waals surface area contributed by atoms with Crippen LogP contribution in [0.2, 0.25) is 0 Å². The molecule has 4 aromatic rings. The van der Waals surface area contributed by atoms with Gasteiger partial charge in [0.2, 0.25) is 0 Å². The quantitative estimate of drug-likeness (QED) is 0.277. The number of imide groups is 1. The average molecular weight is 535 g/mol. The molecular weight excluding hydrogens is 508 g/mol. The highest BCUT2D eigenvalue weighted by molar-refractivity contribution is 6.25.